The molecular formula is C58H64F6N8O8. The summed E-state index contributed by atoms with van der Waals surface area (Å²) < 4.78 is 106. The lowest BCUT2D eigenvalue weighted by Crippen LogP contribution is -2.51. The summed E-state index contributed by atoms with van der Waals surface area (Å²) in [5.74, 6) is -1.48. The van der Waals surface area contributed by atoms with Gasteiger partial charge in [0.25, 0.3) is 0 Å². The average molecular weight is 1120 g/mol. The molecule has 4 aromatic carbocycles. The monoisotopic (exact) mass is 1110 g/mol. The molecule has 2 atom stereocenters. The van der Waals surface area contributed by atoms with E-state index < -0.39 is 59.6 Å². The van der Waals surface area contributed by atoms with Gasteiger partial charge in [-0.15, -0.1) is 0 Å². The maximum atomic E-state index is 14.5. The molecule has 0 bridgehead atoms. The van der Waals surface area contributed by atoms with Gasteiger partial charge in [0.2, 0.25) is 0 Å². The fourth-order valence-electron chi connectivity index (χ4n) is 9.53. The smallest absolute Gasteiger partial charge is 0.416 e. The highest BCUT2D eigenvalue weighted by Gasteiger charge is 2.45. The van der Waals surface area contributed by atoms with Crippen molar-refractivity contribution in [2.45, 2.75) is 65.0 Å². The molecule has 0 aliphatic carbocycles. The van der Waals surface area contributed by atoms with Gasteiger partial charge in [-0.2, -0.15) is 36.9 Å². The first-order chi connectivity index (χ1) is 38.1. The molecule has 0 aromatic heterocycles. The number of hydrogen-bond acceptors (Lipinski definition) is 12. The van der Waals surface area contributed by atoms with Crippen molar-refractivity contribution in [2.75, 3.05) is 103 Å². The van der Waals surface area contributed by atoms with E-state index in [0.29, 0.717) is 74.5 Å². The molecule has 0 saturated carbocycles. The first-order valence-corrected chi connectivity index (χ1v) is 26.0. The van der Waals surface area contributed by atoms with E-state index >= 15 is 0 Å². The molecule has 2 aliphatic heterocycles. The Morgan fingerprint density at radius 1 is 0.562 bits per heavy atom. The van der Waals surface area contributed by atoms with Crippen LogP contribution in [0.25, 0.3) is 0 Å². The summed E-state index contributed by atoms with van der Waals surface area (Å²) in [4.78, 5) is 65.5. The number of carbonyl (C=O) groups excluding carboxylic acids is 4. The average Bonchev–Trinajstić information content (AvgIpc) is 3.43. The van der Waals surface area contributed by atoms with E-state index in [1.165, 1.54) is 47.9 Å². The van der Waals surface area contributed by atoms with Crippen molar-refractivity contribution in [1.82, 2.24) is 19.6 Å². The van der Waals surface area contributed by atoms with Crippen molar-refractivity contribution in [1.29, 1.82) is 10.5 Å². The van der Waals surface area contributed by atoms with Gasteiger partial charge in [0, 0.05) is 37.6 Å². The summed E-state index contributed by atoms with van der Waals surface area (Å²) in [7, 11) is 3.74. The van der Waals surface area contributed by atoms with Crippen LogP contribution in [-0.4, -0.2) is 137 Å². The zero-order chi connectivity index (χ0) is 58.3. The van der Waals surface area contributed by atoms with E-state index in [-0.39, 0.29) is 73.4 Å². The minimum atomic E-state index is -4.69. The summed E-state index contributed by atoms with van der Waals surface area (Å²) in [5.41, 5.74) is -0.0102. The van der Waals surface area contributed by atoms with Gasteiger partial charge in [-0.3, -0.25) is 9.80 Å². The van der Waals surface area contributed by atoms with E-state index in [2.05, 4.69) is 12.1 Å². The van der Waals surface area contributed by atoms with Crippen molar-refractivity contribution in [3.05, 3.63) is 153 Å². The Morgan fingerprint density at radius 2 is 0.925 bits per heavy atom. The number of urea groups is 2. The quantitative estimate of drug-likeness (QED) is 0.0350. The predicted molar refractivity (Wildman–Crippen MR) is 284 cm³/mol. The van der Waals surface area contributed by atoms with Crippen LogP contribution >= 0.6 is 0 Å². The van der Waals surface area contributed by atoms with Crippen LogP contribution in [0.2, 0.25) is 0 Å². The molecule has 2 aliphatic rings. The van der Waals surface area contributed by atoms with Crippen LogP contribution < -0.4 is 9.80 Å². The number of allylic oxidation sites excluding steroid dienone is 2. The molecule has 16 nitrogen and oxygen atoms in total. The van der Waals surface area contributed by atoms with Crippen molar-refractivity contribution in [2.24, 2.45) is 0 Å². The second-order valence-electron chi connectivity index (χ2n) is 19.0. The number of likely N-dealkylation sites (N-methyl/N-ethyl adjacent to an activating group) is 2. The highest BCUT2D eigenvalue weighted by atomic mass is 19.4. The van der Waals surface area contributed by atoms with Crippen molar-refractivity contribution in [3.8, 4) is 12.1 Å². The van der Waals surface area contributed by atoms with Crippen LogP contribution in [-0.2, 0) is 40.9 Å². The molecule has 2 heterocycles. The highest BCUT2D eigenvalue weighted by Crippen LogP contribution is 2.43. The largest absolute Gasteiger partial charge is 0.463 e. The summed E-state index contributed by atoms with van der Waals surface area (Å²) in [6, 6.07) is 22.3. The Kier molecular flexibility index (Phi) is 21.4. The summed E-state index contributed by atoms with van der Waals surface area (Å²) in [5, 5.41) is 18.9. The molecule has 4 amide bonds. The first-order valence-electron chi connectivity index (χ1n) is 26.0. The number of hydrogen-bond donors (Lipinski definition) is 0. The van der Waals surface area contributed by atoms with Gasteiger partial charge in [0.15, 0.2) is 0 Å². The van der Waals surface area contributed by atoms with Crippen LogP contribution in [0.1, 0.15) is 86.0 Å². The Balaban J connectivity index is 1.01. The normalized spacial score (nSPS) is 16.2. The number of esters is 2. The van der Waals surface area contributed by atoms with Gasteiger partial charge in [-0.25, -0.2) is 19.2 Å². The molecule has 22 heteroatoms. The first kappa shape index (κ1) is 61.5. The lowest BCUT2D eigenvalue weighted by Gasteiger charge is -2.43. The van der Waals surface area contributed by atoms with Crippen LogP contribution in [0.15, 0.2) is 120 Å². The maximum absolute atomic E-state index is 14.5. The lowest BCUT2D eigenvalue weighted by atomic mass is 9.92. The molecule has 0 saturated heterocycles. The topological polar surface area (TPSA) is 172 Å². The second-order valence-corrected chi connectivity index (χ2v) is 19.0. The standard InChI is InChI=1S/C58H64F6N8O8/c1-7-79-53(73)49-39(3)71(47-15-9-13-45(35-47)57(59,60)61)55(75)69(51(49)43-21-17-41(37-65)18-22-43)27-11-25-67(5)29-31-77-33-34-78-32-30-68(6)26-12-28-70-52(44-23-19-42(38-66)20-24-44)50(54(74)80-8-2)40(4)72(56(70)76)48-16-10-14-46(36-48)58(62,63)64/h9-10,13-24,35-36,51-52H,7-8,11-12,25-34H2,1-6H3. The van der Waals surface area contributed by atoms with Crippen LogP contribution in [0.3, 0.4) is 0 Å². The Labute approximate surface area is 461 Å². The second kappa shape index (κ2) is 27.9. The highest BCUT2D eigenvalue weighted by molar-refractivity contribution is 6.04. The van der Waals surface area contributed by atoms with E-state index in [1.807, 2.05) is 23.9 Å². The van der Waals surface area contributed by atoms with Crippen molar-refractivity contribution < 1.29 is 64.5 Å². The van der Waals surface area contributed by atoms with E-state index in [0.717, 1.165) is 34.1 Å². The molecule has 4 aromatic rings. The number of alkyl halides is 6. The third-order valence-corrected chi connectivity index (χ3v) is 13.5. The lowest BCUT2D eigenvalue weighted by molar-refractivity contribution is -0.140. The molecule has 0 spiro atoms. The summed E-state index contributed by atoms with van der Waals surface area (Å²) >= 11 is 0. The van der Waals surface area contributed by atoms with Gasteiger partial charge in [-0.05, 0) is 140 Å². The SMILES string of the molecule is CCOC(=O)C1=C(C)N(c2cccc(C(F)(F)F)c2)C(=O)N(CCCN(C)CCOCCOCCN(C)CCCN2C(=O)N(c3cccc(C(F)(F)F)c3)C(C)=C(C(=O)OCC)C2c2ccc(C#N)cc2)C1c1ccc(C#N)cc1. The van der Waals surface area contributed by atoms with E-state index in [1.54, 1.807) is 62.4 Å². The molecule has 6 rings (SSSR count). The third-order valence-electron chi connectivity index (χ3n) is 13.5. The van der Waals surface area contributed by atoms with Crippen molar-refractivity contribution >= 4 is 35.4 Å². The van der Waals surface area contributed by atoms with Gasteiger partial charge >= 0.3 is 36.4 Å². The van der Waals surface area contributed by atoms with Crippen LogP contribution in [0, 0.1) is 22.7 Å². The zero-order valence-corrected chi connectivity index (χ0v) is 45.4. The molecule has 0 N–H and O–H groups in total. The van der Waals surface area contributed by atoms with E-state index in [9.17, 15) is 56.0 Å². The van der Waals surface area contributed by atoms with Crippen LogP contribution in [0.4, 0.5) is 47.3 Å². The van der Waals surface area contributed by atoms with Crippen LogP contribution in [0.5, 0.6) is 0 Å². The Bertz CT molecular complexity index is 2770. The minimum Gasteiger partial charge on any atom is -0.463 e. The number of nitriles is 2. The minimum absolute atomic E-state index is 0.00225. The third kappa shape index (κ3) is 15.1. The molecule has 2 unspecified atom stereocenters. The number of halogens is 6. The maximum Gasteiger partial charge on any atom is 0.416 e. The molecule has 0 fully saturated rings. The number of rotatable bonds is 25. The molecule has 426 valence electrons. The number of anilines is 2. The van der Waals surface area contributed by atoms with Crippen molar-refractivity contribution in [3.63, 3.8) is 0 Å². The predicted octanol–water partition coefficient (Wildman–Crippen LogP) is 10.5. The molecular weight excluding hydrogens is 1050 g/mol. The molecule has 0 radical (unpaired) electrons. The molecule has 80 heavy (non-hydrogen) atoms. The Hall–Kier alpha value is -7.76. The number of amides is 4. The summed E-state index contributed by atoms with van der Waals surface area (Å²) in [6.07, 6.45) is -8.60. The van der Waals surface area contributed by atoms with Gasteiger partial charge < -0.3 is 38.5 Å². The summed E-state index contributed by atoms with van der Waals surface area (Å²) in [6.45, 7) is 9.59. The number of ether oxygens (including phenoxy) is 4. The zero-order valence-electron chi connectivity index (χ0n) is 45.4. The fraction of sp³-hybridized carbons (Fsp3) is 0.414. The fourth-order valence-corrected chi connectivity index (χ4v) is 9.53. The Morgan fingerprint density at radius 3 is 1.25 bits per heavy atom. The van der Waals surface area contributed by atoms with E-state index in [4.69, 9.17) is 18.9 Å². The number of nitrogens with zero attached hydrogens (tertiary/aromatic N) is 8. The number of carbonyl (C=O) groups is 4. The number of benzene rings is 4. The van der Waals surface area contributed by atoms with Gasteiger partial charge in [-0.1, -0.05) is 36.4 Å². The van der Waals surface area contributed by atoms with Gasteiger partial charge in [0.1, 0.15) is 0 Å². The van der Waals surface area contributed by atoms with Gasteiger partial charge in [0.05, 0.1) is 109 Å².